The van der Waals surface area contributed by atoms with E-state index in [-0.39, 0.29) is 11.7 Å². The number of carbonyl (C=O) groups excluding carboxylic acids is 2. The molecule has 0 saturated carbocycles. The van der Waals surface area contributed by atoms with Crippen LogP contribution < -0.4 is 0 Å². The summed E-state index contributed by atoms with van der Waals surface area (Å²) in [6, 6.07) is 8.88. The SMILES string of the molecule is CON1CCC(C(=O)c2ccccc2)C1=O. The zero-order chi connectivity index (χ0) is 11.5. The van der Waals surface area contributed by atoms with Crippen LogP contribution in [0.3, 0.4) is 0 Å². The molecule has 0 aliphatic carbocycles. The molecule has 1 aromatic carbocycles. The lowest BCUT2D eigenvalue weighted by Crippen LogP contribution is -2.29. The van der Waals surface area contributed by atoms with Crippen LogP contribution in [0.2, 0.25) is 0 Å². The molecule has 1 aliphatic heterocycles. The van der Waals surface area contributed by atoms with E-state index in [0.717, 1.165) is 0 Å². The molecule has 0 radical (unpaired) electrons. The maximum Gasteiger partial charge on any atom is 0.257 e. The topological polar surface area (TPSA) is 46.6 Å². The quantitative estimate of drug-likeness (QED) is 0.568. The van der Waals surface area contributed by atoms with Crippen molar-refractivity contribution in [2.75, 3.05) is 13.7 Å². The van der Waals surface area contributed by atoms with Crippen LogP contribution in [0.5, 0.6) is 0 Å². The standard InChI is InChI=1S/C12H13NO3/c1-16-13-8-7-10(12(13)15)11(14)9-5-3-2-4-6-9/h2-6,10H,7-8H2,1H3. The fourth-order valence-corrected chi connectivity index (χ4v) is 1.88. The molecule has 1 fully saturated rings. The monoisotopic (exact) mass is 219 g/mol. The fourth-order valence-electron chi connectivity index (χ4n) is 1.88. The summed E-state index contributed by atoms with van der Waals surface area (Å²) in [6.07, 6.45) is 0.528. The Balaban J connectivity index is 2.16. The van der Waals surface area contributed by atoms with Crippen molar-refractivity contribution in [3.8, 4) is 0 Å². The van der Waals surface area contributed by atoms with Crippen molar-refractivity contribution in [1.29, 1.82) is 0 Å². The lowest BCUT2D eigenvalue weighted by molar-refractivity contribution is -0.168. The number of ketones is 1. The summed E-state index contributed by atoms with van der Waals surface area (Å²) in [5.74, 6) is -0.941. The number of hydrogen-bond acceptors (Lipinski definition) is 3. The second kappa shape index (κ2) is 4.45. The number of hydrogen-bond donors (Lipinski definition) is 0. The van der Waals surface area contributed by atoms with E-state index in [1.807, 2.05) is 6.07 Å². The Bertz CT molecular complexity index is 402. The molecule has 1 unspecified atom stereocenters. The summed E-state index contributed by atoms with van der Waals surface area (Å²) in [5, 5.41) is 1.24. The number of carbonyl (C=O) groups is 2. The number of benzene rings is 1. The zero-order valence-electron chi connectivity index (χ0n) is 9.05. The Labute approximate surface area is 93.8 Å². The minimum Gasteiger partial charge on any atom is -0.293 e. The lowest BCUT2D eigenvalue weighted by Gasteiger charge is -2.12. The van der Waals surface area contributed by atoms with Crippen LogP contribution in [0.15, 0.2) is 30.3 Å². The van der Waals surface area contributed by atoms with Crippen molar-refractivity contribution in [3.63, 3.8) is 0 Å². The highest BCUT2D eigenvalue weighted by Crippen LogP contribution is 2.22. The summed E-state index contributed by atoms with van der Waals surface area (Å²) in [6.45, 7) is 0.485. The van der Waals surface area contributed by atoms with Gasteiger partial charge >= 0.3 is 0 Å². The largest absolute Gasteiger partial charge is 0.293 e. The summed E-state index contributed by atoms with van der Waals surface area (Å²) in [7, 11) is 1.44. The second-order valence-corrected chi connectivity index (χ2v) is 3.69. The van der Waals surface area contributed by atoms with Gasteiger partial charge in [-0.2, -0.15) is 0 Å². The van der Waals surface area contributed by atoms with Crippen molar-refractivity contribution in [3.05, 3.63) is 35.9 Å². The number of hydroxylamine groups is 2. The second-order valence-electron chi connectivity index (χ2n) is 3.69. The Morgan fingerprint density at radius 1 is 1.38 bits per heavy atom. The fraction of sp³-hybridized carbons (Fsp3) is 0.333. The van der Waals surface area contributed by atoms with Gasteiger partial charge < -0.3 is 0 Å². The maximum absolute atomic E-state index is 12.0. The molecule has 16 heavy (non-hydrogen) atoms. The van der Waals surface area contributed by atoms with Gasteiger partial charge in [0.1, 0.15) is 5.92 Å². The molecule has 1 amide bonds. The molecule has 4 nitrogen and oxygen atoms in total. The van der Waals surface area contributed by atoms with Gasteiger partial charge in [0, 0.05) is 12.1 Å². The van der Waals surface area contributed by atoms with Crippen LogP contribution in [0.4, 0.5) is 0 Å². The highest BCUT2D eigenvalue weighted by Gasteiger charge is 2.37. The molecule has 1 saturated heterocycles. The van der Waals surface area contributed by atoms with E-state index < -0.39 is 5.92 Å². The van der Waals surface area contributed by atoms with Gasteiger partial charge in [0.15, 0.2) is 5.78 Å². The first-order valence-electron chi connectivity index (χ1n) is 5.19. The third-order valence-corrected chi connectivity index (χ3v) is 2.76. The van der Waals surface area contributed by atoms with Crippen LogP contribution >= 0.6 is 0 Å². The number of amides is 1. The van der Waals surface area contributed by atoms with Gasteiger partial charge in [0.2, 0.25) is 0 Å². The van der Waals surface area contributed by atoms with Gasteiger partial charge in [0.25, 0.3) is 5.91 Å². The Morgan fingerprint density at radius 3 is 2.62 bits per heavy atom. The molecule has 84 valence electrons. The summed E-state index contributed by atoms with van der Waals surface area (Å²) >= 11 is 0. The molecule has 1 aliphatic rings. The summed E-state index contributed by atoms with van der Waals surface area (Å²) < 4.78 is 0. The Hall–Kier alpha value is -1.68. The third-order valence-electron chi connectivity index (χ3n) is 2.76. The molecule has 0 bridgehead atoms. The Morgan fingerprint density at radius 2 is 2.06 bits per heavy atom. The van der Waals surface area contributed by atoms with Crippen LogP contribution in [-0.4, -0.2) is 30.4 Å². The van der Waals surface area contributed by atoms with E-state index in [4.69, 9.17) is 4.84 Å². The van der Waals surface area contributed by atoms with Gasteiger partial charge in [-0.25, -0.2) is 5.06 Å². The molecular weight excluding hydrogens is 206 g/mol. The maximum atomic E-state index is 12.0. The molecule has 4 heteroatoms. The van der Waals surface area contributed by atoms with Gasteiger partial charge in [-0.05, 0) is 6.42 Å². The minimum absolute atomic E-state index is 0.120. The van der Waals surface area contributed by atoms with Crippen LogP contribution in [0.1, 0.15) is 16.8 Å². The zero-order valence-corrected chi connectivity index (χ0v) is 9.05. The predicted molar refractivity (Wildman–Crippen MR) is 57.6 cm³/mol. The first-order valence-corrected chi connectivity index (χ1v) is 5.19. The van der Waals surface area contributed by atoms with E-state index in [2.05, 4.69) is 0 Å². The van der Waals surface area contributed by atoms with E-state index in [0.29, 0.717) is 18.5 Å². The van der Waals surface area contributed by atoms with Crippen LogP contribution in [0.25, 0.3) is 0 Å². The van der Waals surface area contributed by atoms with Crippen molar-refractivity contribution in [2.45, 2.75) is 6.42 Å². The highest BCUT2D eigenvalue weighted by molar-refractivity contribution is 6.10. The van der Waals surface area contributed by atoms with Crippen LogP contribution in [-0.2, 0) is 9.63 Å². The van der Waals surface area contributed by atoms with Crippen molar-refractivity contribution in [2.24, 2.45) is 5.92 Å². The van der Waals surface area contributed by atoms with E-state index in [9.17, 15) is 9.59 Å². The predicted octanol–water partition coefficient (Wildman–Crippen LogP) is 1.28. The average molecular weight is 219 g/mol. The summed E-state index contributed by atoms with van der Waals surface area (Å²) in [4.78, 5) is 28.6. The lowest BCUT2D eigenvalue weighted by atomic mass is 9.96. The molecule has 1 heterocycles. The Kier molecular flexibility index (Phi) is 3.01. The van der Waals surface area contributed by atoms with Gasteiger partial charge in [-0.3, -0.25) is 14.4 Å². The highest BCUT2D eigenvalue weighted by atomic mass is 16.7. The van der Waals surface area contributed by atoms with Crippen molar-refractivity contribution >= 4 is 11.7 Å². The smallest absolute Gasteiger partial charge is 0.257 e. The molecule has 0 N–H and O–H groups in total. The average Bonchev–Trinajstić information content (AvgIpc) is 2.70. The van der Waals surface area contributed by atoms with Crippen molar-refractivity contribution < 1.29 is 14.4 Å². The number of nitrogens with zero attached hydrogens (tertiary/aromatic N) is 1. The molecule has 2 rings (SSSR count). The molecular formula is C12H13NO3. The first kappa shape index (κ1) is 10.8. The van der Waals surface area contributed by atoms with E-state index in [1.165, 1.54) is 12.2 Å². The first-order chi connectivity index (χ1) is 7.74. The van der Waals surface area contributed by atoms with E-state index >= 15 is 0 Å². The van der Waals surface area contributed by atoms with Gasteiger partial charge in [0.05, 0.1) is 7.11 Å². The van der Waals surface area contributed by atoms with Crippen LogP contribution in [0, 0.1) is 5.92 Å². The van der Waals surface area contributed by atoms with Gasteiger partial charge in [-0.15, -0.1) is 0 Å². The van der Waals surface area contributed by atoms with Gasteiger partial charge in [-0.1, -0.05) is 30.3 Å². The third kappa shape index (κ3) is 1.84. The van der Waals surface area contributed by atoms with Crippen molar-refractivity contribution in [1.82, 2.24) is 5.06 Å². The molecule has 0 aromatic heterocycles. The number of Topliss-reactive ketones (excluding diaryl/α,β-unsaturated/α-hetero) is 1. The molecule has 0 spiro atoms. The van der Waals surface area contributed by atoms with E-state index in [1.54, 1.807) is 24.3 Å². The molecule has 1 aromatic rings. The minimum atomic E-state index is -0.581. The normalized spacial score (nSPS) is 20.2. The number of rotatable bonds is 3. The molecule has 1 atom stereocenters. The summed E-state index contributed by atoms with van der Waals surface area (Å²) in [5.41, 5.74) is 0.582.